The smallest absolute Gasteiger partial charge is 0.168 e. The van der Waals surface area contributed by atoms with E-state index in [0.717, 1.165) is 6.54 Å². The molecular formula is C24H44BrNS. The monoisotopic (exact) mass is 457 g/mol. The molecule has 1 unspecified atom stereocenters. The van der Waals surface area contributed by atoms with Gasteiger partial charge < -0.3 is 17.0 Å². The SMILES string of the molecule is CCCCCCCCCCCCCCCCSC(C)C[n+]1ccccc1.[Br-]. The van der Waals surface area contributed by atoms with E-state index in [2.05, 4.69) is 60.8 Å². The number of unbranched alkanes of at least 4 members (excludes halogenated alkanes) is 13. The Kier molecular flexibility index (Phi) is 20.7. The topological polar surface area (TPSA) is 3.88 Å². The predicted molar refractivity (Wildman–Crippen MR) is 119 cm³/mol. The molecule has 1 aromatic heterocycles. The van der Waals surface area contributed by atoms with Crippen LogP contribution in [0.1, 0.15) is 104 Å². The highest BCUT2D eigenvalue weighted by molar-refractivity contribution is 7.99. The van der Waals surface area contributed by atoms with Crippen LogP contribution in [0, 0.1) is 0 Å². The molecule has 0 saturated heterocycles. The van der Waals surface area contributed by atoms with E-state index in [9.17, 15) is 0 Å². The molecule has 0 saturated carbocycles. The second-order valence-electron chi connectivity index (χ2n) is 7.85. The second kappa shape index (κ2) is 20.7. The average Bonchev–Trinajstić information content (AvgIpc) is 2.65. The number of hydrogen-bond donors (Lipinski definition) is 0. The summed E-state index contributed by atoms with van der Waals surface area (Å²) in [5.74, 6) is 1.33. The van der Waals surface area contributed by atoms with Crippen molar-refractivity contribution < 1.29 is 21.5 Å². The highest BCUT2D eigenvalue weighted by Gasteiger charge is 2.08. The Bertz CT molecular complexity index is 399. The van der Waals surface area contributed by atoms with Gasteiger partial charge in [-0.15, -0.1) is 0 Å². The molecule has 27 heavy (non-hydrogen) atoms. The second-order valence-corrected chi connectivity index (χ2v) is 9.40. The molecule has 0 aromatic carbocycles. The summed E-state index contributed by atoms with van der Waals surface area (Å²) < 4.78 is 2.29. The van der Waals surface area contributed by atoms with E-state index in [0.29, 0.717) is 5.25 Å². The standard InChI is InChI=1S/C24H44NS.BrH/c1-3-4-5-6-7-8-9-10-11-12-13-14-15-19-22-26-24(2)23-25-20-17-16-18-21-25;/h16-18,20-21,24H,3-15,19,22-23H2,1-2H3;1H/q+1;/p-1. The van der Waals surface area contributed by atoms with Crippen LogP contribution in [-0.4, -0.2) is 11.0 Å². The molecule has 3 heteroatoms. The average molecular weight is 459 g/mol. The third-order valence-electron chi connectivity index (χ3n) is 5.15. The third-order valence-corrected chi connectivity index (χ3v) is 6.39. The van der Waals surface area contributed by atoms with Gasteiger partial charge in [0.2, 0.25) is 0 Å². The fourth-order valence-corrected chi connectivity index (χ4v) is 4.54. The number of aromatic nitrogens is 1. The van der Waals surface area contributed by atoms with Crippen LogP contribution in [0.3, 0.4) is 0 Å². The van der Waals surface area contributed by atoms with Crippen molar-refractivity contribution >= 4 is 11.8 Å². The number of thioether (sulfide) groups is 1. The summed E-state index contributed by atoms with van der Waals surface area (Å²) in [6.07, 6.45) is 24.6. The Balaban J connectivity index is 0.00000676. The minimum absolute atomic E-state index is 0. The van der Waals surface area contributed by atoms with Gasteiger partial charge in [0.25, 0.3) is 0 Å². The van der Waals surface area contributed by atoms with E-state index in [1.807, 2.05) is 0 Å². The molecule has 1 atom stereocenters. The van der Waals surface area contributed by atoms with Gasteiger partial charge >= 0.3 is 0 Å². The number of hydrogen-bond acceptors (Lipinski definition) is 1. The normalized spacial score (nSPS) is 11.9. The van der Waals surface area contributed by atoms with Crippen molar-refractivity contribution in [1.29, 1.82) is 0 Å². The summed E-state index contributed by atoms with van der Waals surface area (Å²) in [5, 5.41) is 0.712. The van der Waals surface area contributed by atoms with Gasteiger partial charge in [-0.2, -0.15) is 11.8 Å². The van der Waals surface area contributed by atoms with Crippen LogP contribution in [0.25, 0.3) is 0 Å². The van der Waals surface area contributed by atoms with E-state index in [4.69, 9.17) is 0 Å². The van der Waals surface area contributed by atoms with E-state index in [1.165, 1.54) is 95.6 Å². The quantitative estimate of drug-likeness (QED) is 0.230. The van der Waals surface area contributed by atoms with E-state index < -0.39 is 0 Å². The summed E-state index contributed by atoms with van der Waals surface area (Å²) in [7, 11) is 0. The van der Waals surface area contributed by atoms with Gasteiger partial charge in [0.15, 0.2) is 18.9 Å². The summed E-state index contributed by atoms with van der Waals surface area (Å²) in [5.41, 5.74) is 0. The van der Waals surface area contributed by atoms with Crippen molar-refractivity contribution in [1.82, 2.24) is 0 Å². The maximum Gasteiger partial charge on any atom is 0.168 e. The molecule has 0 N–H and O–H groups in total. The number of pyridine rings is 1. The van der Waals surface area contributed by atoms with Crippen molar-refractivity contribution in [2.24, 2.45) is 0 Å². The number of nitrogens with zero attached hydrogens (tertiary/aromatic N) is 1. The molecule has 1 aromatic rings. The molecule has 1 nitrogen and oxygen atoms in total. The fraction of sp³-hybridized carbons (Fsp3) is 0.792. The first kappa shape index (κ1) is 27.0. The molecule has 158 valence electrons. The minimum Gasteiger partial charge on any atom is -1.00 e. The van der Waals surface area contributed by atoms with Crippen molar-refractivity contribution in [2.45, 2.75) is 116 Å². The van der Waals surface area contributed by atoms with E-state index in [1.54, 1.807) is 0 Å². The lowest BCUT2D eigenvalue weighted by Crippen LogP contribution is -3.00. The molecular weight excluding hydrogens is 414 g/mol. The van der Waals surface area contributed by atoms with Gasteiger partial charge in [-0.05, 0) is 19.1 Å². The van der Waals surface area contributed by atoms with Crippen LogP contribution in [0.15, 0.2) is 30.6 Å². The Morgan fingerprint density at radius 1 is 0.667 bits per heavy atom. The molecule has 0 bridgehead atoms. The first-order chi connectivity index (χ1) is 12.8. The van der Waals surface area contributed by atoms with Gasteiger partial charge in [-0.3, -0.25) is 0 Å². The molecule has 1 rings (SSSR count). The minimum atomic E-state index is 0. The molecule has 0 aliphatic carbocycles. The van der Waals surface area contributed by atoms with Gasteiger partial charge in [0, 0.05) is 12.1 Å². The Morgan fingerprint density at radius 3 is 1.59 bits per heavy atom. The molecule has 0 aliphatic heterocycles. The molecule has 0 aliphatic rings. The Morgan fingerprint density at radius 2 is 1.11 bits per heavy atom. The first-order valence-electron chi connectivity index (χ1n) is 11.4. The van der Waals surface area contributed by atoms with Crippen LogP contribution in [-0.2, 0) is 6.54 Å². The molecule has 1 heterocycles. The Hall–Kier alpha value is -0.0200. The van der Waals surface area contributed by atoms with E-state index in [-0.39, 0.29) is 17.0 Å². The van der Waals surface area contributed by atoms with Gasteiger partial charge in [-0.1, -0.05) is 96.5 Å². The Labute approximate surface area is 184 Å². The zero-order valence-corrected chi connectivity index (χ0v) is 20.4. The van der Waals surface area contributed by atoms with Gasteiger partial charge in [0.05, 0.1) is 5.25 Å². The first-order valence-corrected chi connectivity index (χ1v) is 12.4. The largest absolute Gasteiger partial charge is 1.00 e. The molecule has 0 amide bonds. The van der Waals surface area contributed by atoms with Crippen LogP contribution in [0.5, 0.6) is 0 Å². The molecule has 0 spiro atoms. The van der Waals surface area contributed by atoms with Crippen molar-refractivity contribution in [3.8, 4) is 0 Å². The van der Waals surface area contributed by atoms with Crippen LogP contribution < -0.4 is 21.5 Å². The fourth-order valence-electron chi connectivity index (χ4n) is 3.49. The van der Waals surface area contributed by atoms with E-state index >= 15 is 0 Å². The molecule has 0 radical (unpaired) electrons. The predicted octanol–water partition coefficient (Wildman–Crippen LogP) is 4.58. The van der Waals surface area contributed by atoms with Crippen LogP contribution >= 0.6 is 11.8 Å². The lowest BCUT2D eigenvalue weighted by Gasteiger charge is -2.08. The maximum atomic E-state index is 2.36. The lowest BCUT2D eigenvalue weighted by molar-refractivity contribution is -0.695. The summed E-state index contributed by atoms with van der Waals surface area (Å²) >= 11 is 2.13. The summed E-state index contributed by atoms with van der Waals surface area (Å²) in [6.45, 7) is 5.78. The van der Waals surface area contributed by atoms with Crippen molar-refractivity contribution in [3.05, 3.63) is 30.6 Å². The number of halogens is 1. The van der Waals surface area contributed by atoms with Gasteiger partial charge in [0.1, 0.15) is 0 Å². The van der Waals surface area contributed by atoms with Crippen molar-refractivity contribution in [2.75, 3.05) is 5.75 Å². The zero-order valence-electron chi connectivity index (χ0n) is 18.0. The highest BCUT2D eigenvalue weighted by atomic mass is 79.9. The summed E-state index contributed by atoms with van der Waals surface area (Å²) in [6, 6.07) is 6.32. The highest BCUT2D eigenvalue weighted by Crippen LogP contribution is 2.16. The van der Waals surface area contributed by atoms with Crippen LogP contribution in [0.2, 0.25) is 0 Å². The van der Waals surface area contributed by atoms with Crippen molar-refractivity contribution in [3.63, 3.8) is 0 Å². The third kappa shape index (κ3) is 17.8. The van der Waals surface area contributed by atoms with Gasteiger partial charge in [-0.25, -0.2) is 4.57 Å². The lowest BCUT2D eigenvalue weighted by atomic mass is 10.0. The van der Waals surface area contributed by atoms with Crippen LogP contribution in [0.4, 0.5) is 0 Å². The zero-order chi connectivity index (χ0) is 18.7. The number of rotatable bonds is 18. The summed E-state index contributed by atoms with van der Waals surface area (Å²) in [4.78, 5) is 0. The molecule has 0 fully saturated rings. The maximum absolute atomic E-state index is 2.36.